The van der Waals surface area contributed by atoms with E-state index in [1.807, 2.05) is 19.9 Å². The zero-order valence-corrected chi connectivity index (χ0v) is 9.27. The van der Waals surface area contributed by atoms with Crippen LogP contribution in [-0.4, -0.2) is 10.3 Å². The molecule has 2 N–H and O–H groups in total. The van der Waals surface area contributed by atoms with Crippen LogP contribution in [0.4, 0.5) is 5.82 Å². The summed E-state index contributed by atoms with van der Waals surface area (Å²) in [5.41, 5.74) is 8.54. The molecular weight excluding hydrogens is 228 g/mol. The van der Waals surface area contributed by atoms with E-state index >= 15 is 0 Å². The number of hydrogen-bond donors (Lipinski definition) is 1. The van der Waals surface area contributed by atoms with Gasteiger partial charge in [-0.05, 0) is 25.5 Å². The molecule has 0 aliphatic heterocycles. The van der Waals surface area contributed by atoms with Crippen molar-refractivity contribution >= 4 is 21.7 Å². The molecule has 0 amide bonds. The van der Waals surface area contributed by atoms with Gasteiger partial charge in [-0.15, -0.1) is 0 Å². The van der Waals surface area contributed by atoms with Crippen molar-refractivity contribution in [2.45, 2.75) is 13.8 Å². The SMILES string of the molecule is Cc1cc(N)nc(C)c1C#CCBr. The zero-order valence-electron chi connectivity index (χ0n) is 7.69. The Morgan fingerprint density at radius 1 is 1.54 bits per heavy atom. The lowest BCUT2D eigenvalue weighted by atomic mass is 10.1. The minimum Gasteiger partial charge on any atom is -0.384 e. The molecule has 0 saturated carbocycles. The molecule has 1 rings (SSSR count). The second-order valence-corrected chi connectivity index (χ2v) is 3.32. The molecule has 0 fully saturated rings. The molecule has 0 aromatic carbocycles. The summed E-state index contributed by atoms with van der Waals surface area (Å²) in [7, 11) is 0. The third-order valence-electron chi connectivity index (χ3n) is 1.70. The molecule has 0 atom stereocenters. The van der Waals surface area contributed by atoms with Gasteiger partial charge in [0.1, 0.15) is 5.82 Å². The highest BCUT2D eigenvalue weighted by molar-refractivity contribution is 9.09. The lowest BCUT2D eigenvalue weighted by Crippen LogP contribution is -1.97. The van der Waals surface area contributed by atoms with Crippen molar-refractivity contribution in [3.63, 3.8) is 0 Å². The summed E-state index contributed by atoms with van der Waals surface area (Å²) in [5, 5.41) is 0.677. The number of alkyl halides is 1. The molecule has 0 radical (unpaired) electrons. The topological polar surface area (TPSA) is 38.9 Å². The van der Waals surface area contributed by atoms with E-state index in [1.165, 1.54) is 0 Å². The Labute approximate surface area is 86.7 Å². The number of nitrogens with zero attached hydrogens (tertiary/aromatic N) is 1. The van der Waals surface area contributed by atoms with Gasteiger partial charge < -0.3 is 5.73 Å². The minimum atomic E-state index is 0.555. The van der Waals surface area contributed by atoms with Gasteiger partial charge >= 0.3 is 0 Å². The molecular formula is C10H11BrN2. The fourth-order valence-electron chi connectivity index (χ4n) is 1.17. The number of pyridine rings is 1. The Morgan fingerprint density at radius 2 is 2.23 bits per heavy atom. The van der Waals surface area contributed by atoms with Gasteiger partial charge in [-0.25, -0.2) is 4.98 Å². The number of nitrogens with two attached hydrogens (primary N) is 1. The van der Waals surface area contributed by atoms with Gasteiger partial charge in [0.25, 0.3) is 0 Å². The zero-order chi connectivity index (χ0) is 9.84. The standard InChI is InChI=1S/C10H11BrN2/c1-7-6-10(12)13-8(2)9(7)4-3-5-11/h6H,5H2,1-2H3,(H2,12,13). The first-order chi connectivity index (χ1) is 6.15. The average molecular weight is 239 g/mol. The largest absolute Gasteiger partial charge is 0.384 e. The summed E-state index contributed by atoms with van der Waals surface area (Å²) >= 11 is 3.25. The second-order valence-electron chi connectivity index (χ2n) is 2.76. The van der Waals surface area contributed by atoms with E-state index in [9.17, 15) is 0 Å². The smallest absolute Gasteiger partial charge is 0.123 e. The van der Waals surface area contributed by atoms with Crippen molar-refractivity contribution in [3.05, 3.63) is 22.9 Å². The van der Waals surface area contributed by atoms with Crippen LogP contribution in [0.3, 0.4) is 0 Å². The first-order valence-corrected chi connectivity index (χ1v) is 5.06. The van der Waals surface area contributed by atoms with E-state index in [2.05, 4.69) is 32.8 Å². The van der Waals surface area contributed by atoms with Crippen LogP contribution in [0.25, 0.3) is 0 Å². The van der Waals surface area contributed by atoms with Gasteiger partial charge in [0, 0.05) is 5.56 Å². The molecule has 1 heterocycles. The van der Waals surface area contributed by atoms with E-state index in [1.54, 1.807) is 0 Å². The molecule has 0 spiro atoms. The van der Waals surface area contributed by atoms with Crippen LogP contribution in [0, 0.1) is 25.7 Å². The normalized spacial score (nSPS) is 9.15. The molecule has 3 heteroatoms. The van der Waals surface area contributed by atoms with Crippen molar-refractivity contribution in [1.29, 1.82) is 0 Å². The summed E-state index contributed by atoms with van der Waals surface area (Å²) in [6, 6.07) is 1.84. The summed E-state index contributed by atoms with van der Waals surface area (Å²) in [5.74, 6) is 6.55. The van der Waals surface area contributed by atoms with Crippen LogP contribution >= 0.6 is 15.9 Å². The van der Waals surface area contributed by atoms with Crippen molar-refractivity contribution in [1.82, 2.24) is 4.98 Å². The molecule has 0 saturated heterocycles. The maximum absolute atomic E-state index is 5.59. The second kappa shape index (κ2) is 4.29. The fraction of sp³-hybridized carbons (Fsp3) is 0.300. The van der Waals surface area contributed by atoms with Crippen molar-refractivity contribution in [2.75, 3.05) is 11.1 Å². The van der Waals surface area contributed by atoms with Crippen LogP contribution < -0.4 is 5.73 Å². The Kier molecular flexibility index (Phi) is 3.32. The monoisotopic (exact) mass is 238 g/mol. The summed E-state index contributed by atoms with van der Waals surface area (Å²) in [4.78, 5) is 4.15. The fourth-order valence-corrected chi connectivity index (χ4v) is 1.31. The Hall–Kier alpha value is -1.01. The van der Waals surface area contributed by atoms with E-state index < -0.39 is 0 Å². The molecule has 1 aromatic heterocycles. The van der Waals surface area contributed by atoms with Crippen molar-refractivity contribution < 1.29 is 0 Å². The number of aryl methyl sites for hydroxylation is 2. The third-order valence-corrected chi connectivity index (χ3v) is 1.98. The van der Waals surface area contributed by atoms with Crippen LogP contribution in [0.5, 0.6) is 0 Å². The Balaban J connectivity index is 3.21. The van der Waals surface area contributed by atoms with Crippen molar-refractivity contribution in [2.24, 2.45) is 0 Å². The molecule has 0 aliphatic rings. The lowest BCUT2D eigenvalue weighted by Gasteiger charge is -2.03. The van der Waals surface area contributed by atoms with Gasteiger partial charge in [0.15, 0.2) is 0 Å². The Bertz CT molecular complexity index is 351. The van der Waals surface area contributed by atoms with Crippen LogP contribution in [0.15, 0.2) is 6.07 Å². The maximum Gasteiger partial charge on any atom is 0.123 e. The van der Waals surface area contributed by atoms with Gasteiger partial charge in [-0.3, -0.25) is 0 Å². The predicted octanol–water partition coefficient (Wildman–Crippen LogP) is 2.03. The van der Waals surface area contributed by atoms with E-state index in [0.717, 1.165) is 16.8 Å². The highest BCUT2D eigenvalue weighted by Crippen LogP contribution is 2.12. The quantitative estimate of drug-likeness (QED) is 0.555. The number of hydrogen-bond acceptors (Lipinski definition) is 2. The number of aromatic nitrogens is 1. The minimum absolute atomic E-state index is 0.555. The maximum atomic E-state index is 5.59. The number of anilines is 1. The highest BCUT2D eigenvalue weighted by atomic mass is 79.9. The van der Waals surface area contributed by atoms with Crippen LogP contribution in [0.1, 0.15) is 16.8 Å². The van der Waals surface area contributed by atoms with Crippen LogP contribution in [-0.2, 0) is 0 Å². The molecule has 0 aliphatic carbocycles. The van der Waals surface area contributed by atoms with Crippen LogP contribution in [0.2, 0.25) is 0 Å². The molecule has 13 heavy (non-hydrogen) atoms. The third kappa shape index (κ3) is 2.46. The van der Waals surface area contributed by atoms with E-state index in [0.29, 0.717) is 11.1 Å². The predicted molar refractivity (Wildman–Crippen MR) is 58.8 cm³/mol. The molecule has 0 unspecified atom stereocenters. The number of halogens is 1. The van der Waals surface area contributed by atoms with Gasteiger partial charge in [-0.1, -0.05) is 27.8 Å². The van der Waals surface area contributed by atoms with Gasteiger partial charge in [0.05, 0.1) is 11.0 Å². The highest BCUT2D eigenvalue weighted by Gasteiger charge is 2.01. The number of rotatable bonds is 0. The Morgan fingerprint density at radius 3 is 2.77 bits per heavy atom. The average Bonchev–Trinajstić information content (AvgIpc) is 2.02. The van der Waals surface area contributed by atoms with E-state index in [-0.39, 0.29) is 0 Å². The number of nitrogen functional groups attached to an aromatic ring is 1. The van der Waals surface area contributed by atoms with Gasteiger partial charge in [-0.2, -0.15) is 0 Å². The first-order valence-electron chi connectivity index (χ1n) is 3.93. The summed E-state index contributed by atoms with van der Waals surface area (Å²) in [6.45, 7) is 3.91. The molecule has 2 nitrogen and oxygen atoms in total. The molecule has 1 aromatic rings. The summed E-state index contributed by atoms with van der Waals surface area (Å²) in [6.07, 6.45) is 0. The first kappa shape index (κ1) is 10.1. The molecule has 0 bridgehead atoms. The van der Waals surface area contributed by atoms with E-state index in [4.69, 9.17) is 5.73 Å². The van der Waals surface area contributed by atoms with Crippen molar-refractivity contribution in [3.8, 4) is 11.8 Å². The summed E-state index contributed by atoms with van der Waals surface area (Å²) < 4.78 is 0. The lowest BCUT2D eigenvalue weighted by molar-refractivity contribution is 1.17. The van der Waals surface area contributed by atoms with Gasteiger partial charge in [0.2, 0.25) is 0 Å². The molecule has 68 valence electrons.